The number of aryl methyl sites for hydroxylation is 3. The van der Waals surface area contributed by atoms with Crippen LogP contribution >= 0.6 is 11.3 Å². The van der Waals surface area contributed by atoms with Gasteiger partial charge >= 0.3 is 0 Å². The minimum atomic E-state index is -0.0928. The second-order valence-electron chi connectivity index (χ2n) is 13.4. The Morgan fingerprint density at radius 1 is 0.915 bits per heavy atom. The third-order valence-corrected chi connectivity index (χ3v) is 11.1. The molecule has 0 saturated heterocycles. The van der Waals surface area contributed by atoms with Crippen molar-refractivity contribution in [2.45, 2.75) is 93.4 Å². The summed E-state index contributed by atoms with van der Waals surface area (Å²) < 4.78 is 1.37. The summed E-state index contributed by atoms with van der Waals surface area (Å²) in [5.41, 5.74) is 11.1. The fourth-order valence-corrected chi connectivity index (χ4v) is 8.81. The molecule has 47 heavy (non-hydrogen) atoms. The molecule has 0 spiro atoms. The smallest absolute Gasteiger partial charge is 0.162 e. The van der Waals surface area contributed by atoms with Gasteiger partial charge in [-0.3, -0.25) is 9.78 Å². The molecule has 3 aromatic carbocycles. The van der Waals surface area contributed by atoms with Gasteiger partial charge in [-0.25, -0.2) is 0 Å². The predicted molar refractivity (Wildman–Crippen MR) is 197 cm³/mol. The quantitative estimate of drug-likeness (QED) is 0.0963. The van der Waals surface area contributed by atoms with Crippen molar-refractivity contribution >= 4 is 38.1 Å². The first-order valence-electron chi connectivity index (χ1n) is 16.9. The maximum absolute atomic E-state index is 11.7. The molecule has 0 atom stereocenters. The molecule has 0 fully saturated rings. The Labute approximate surface area is 298 Å². The van der Waals surface area contributed by atoms with Crippen LogP contribution in [0.15, 0.2) is 66.4 Å². The van der Waals surface area contributed by atoms with Gasteiger partial charge in [-0.05, 0) is 97.3 Å². The van der Waals surface area contributed by atoms with Gasteiger partial charge in [0.2, 0.25) is 0 Å². The zero-order valence-corrected chi connectivity index (χ0v) is 32.5. The first-order chi connectivity index (χ1) is 22.0. The number of aromatic nitrogens is 1. The van der Waals surface area contributed by atoms with Crippen molar-refractivity contribution in [3.8, 4) is 21.7 Å². The fourth-order valence-electron chi connectivity index (χ4n) is 7.41. The molecule has 5 aromatic rings. The molecule has 1 aliphatic carbocycles. The molecule has 1 N–H and O–H groups in total. The second kappa shape index (κ2) is 15.0. The van der Waals surface area contributed by atoms with Gasteiger partial charge in [0.1, 0.15) is 0 Å². The largest absolute Gasteiger partial charge is 0.512 e. The number of carbonyl (C=O) groups is 1. The van der Waals surface area contributed by atoms with Gasteiger partial charge in [-0.1, -0.05) is 77.4 Å². The molecule has 1 aliphatic rings. The number of hydrogen-bond donors (Lipinski definition) is 1. The third kappa shape index (κ3) is 6.91. The van der Waals surface area contributed by atoms with Gasteiger partial charge in [0.25, 0.3) is 0 Å². The minimum Gasteiger partial charge on any atom is -0.512 e. The molecule has 5 heteroatoms. The van der Waals surface area contributed by atoms with E-state index < -0.39 is 0 Å². The number of thiophene rings is 1. The number of allylic oxidation sites excluding steroid dienone is 2. The third-order valence-electron chi connectivity index (χ3n) is 9.87. The van der Waals surface area contributed by atoms with Gasteiger partial charge in [0.15, 0.2) is 5.78 Å². The van der Waals surface area contributed by atoms with Crippen LogP contribution < -0.4 is 0 Å². The molecule has 0 bridgehead atoms. The van der Waals surface area contributed by atoms with Crippen LogP contribution in [0.25, 0.3) is 42.7 Å². The van der Waals surface area contributed by atoms with Crippen molar-refractivity contribution in [1.29, 1.82) is 0 Å². The van der Waals surface area contributed by atoms with Crippen molar-refractivity contribution < 1.29 is 30.0 Å². The first kappa shape index (κ1) is 36.7. The number of benzene rings is 3. The molecule has 3 nitrogen and oxygen atoms in total. The van der Waals surface area contributed by atoms with E-state index in [9.17, 15) is 9.90 Å². The summed E-state index contributed by atoms with van der Waals surface area (Å²) in [5.74, 6) is 0.547. The maximum Gasteiger partial charge on any atom is 0.162 e. The zero-order chi connectivity index (χ0) is 33.3. The summed E-state index contributed by atoms with van der Waals surface area (Å²) in [7, 11) is 0. The van der Waals surface area contributed by atoms with Gasteiger partial charge in [-0.2, -0.15) is 0 Å². The number of fused-ring (bicyclic) bond motifs is 6. The molecule has 0 saturated carbocycles. The number of carbonyl (C=O) groups excluding carboxylic acids is 1. The molecule has 249 valence electrons. The average molecular weight is 823 g/mol. The van der Waals surface area contributed by atoms with Crippen molar-refractivity contribution in [3.05, 3.63) is 100 Å². The van der Waals surface area contributed by atoms with Crippen LogP contribution in [0.5, 0.6) is 0 Å². The Morgan fingerprint density at radius 3 is 2.21 bits per heavy atom. The molecule has 2 heterocycles. The van der Waals surface area contributed by atoms with Crippen LogP contribution in [0.2, 0.25) is 0 Å². The van der Waals surface area contributed by atoms with Crippen molar-refractivity contribution in [1.82, 2.24) is 4.98 Å². The molecule has 1 radical (unpaired) electrons. The van der Waals surface area contributed by atoms with Crippen molar-refractivity contribution in [2.24, 2.45) is 11.8 Å². The standard InChI is InChI=1S/C29H24NS.C13H24O2.Ir/c1-16-13-17(2)25-18(3)15-22(30-23(25)14-16)19-10-8-11-21-26(19)29(4,5)27-20-9-6-7-12-24(20)31-28(21)27;1-5-10(6-2)12(14)9-13(15)11(7-3)8-4;/h6-9,11-15H,1-5H3;9-11,14H,5-8H2,1-4H3;/q-1;;/b;12-9-;. The van der Waals surface area contributed by atoms with E-state index in [2.05, 4.69) is 95.3 Å². The Hall–Kier alpha value is -3.11. The van der Waals surface area contributed by atoms with Crippen LogP contribution in [-0.4, -0.2) is 15.9 Å². The SMILES string of the molecule is CCC(CC)C(=O)/C=C(\O)C(CC)CC.Cc1cc(C)c2c(C)cc(-c3[c-]ccc4c3C(C)(C)c3c-4sc4ccccc34)nc2c1.[Ir]. The summed E-state index contributed by atoms with van der Waals surface area (Å²) in [6.45, 7) is 19.3. The molecule has 2 aromatic heterocycles. The summed E-state index contributed by atoms with van der Waals surface area (Å²) in [6.07, 6.45) is 4.91. The predicted octanol–water partition coefficient (Wildman–Crippen LogP) is 12.0. The van der Waals surface area contributed by atoms with E-state index in [-0.39, 0.29) is 48.9 Å². The molecular weight excluding hydrogens is 775 g/mol. The average Bonchev–Trinajstić information content (AvgIpc) is 3.51. The van der Waals surface area contributed by atoms with Crippen LogP contribution in [0.4, 0.5) is 0 Å². The van der Waals surface area contributed by atoms with Crippen LogP contribution in [0.1, 0.15) is 95.0 Å². The van der Waals surface area contributed by atoms with Crippen LogP contribution in [0, 0.1) is 38.7 Å². The van der Waals surface area contributed by atoms with E-state index >= 15 is 0 Å². The van der Waals surface area contributed by atoms with Gasteiger partial charge in [-0.15, -0.1) is 40.7 Å². The van der Waals surface area contributed by atoms with E-state index in [1.54, 1.807) is 0 Å². The van der Waals surface area contributed by atoms with E-state index in [1.807, 2.05) is 39.0 Å². The Kier molecular flexibility index (Phi) is 11.7. The van der Waals surface area contributed by atoms with Gasteiger partial charge in [0, 0.05) is 53.0 Å². The normalized spacial score (nSPS) is 13.4. The molecular formula is C42H48IrNO2S-. The summed E-state index contributed by atoms with van der Waals surface area (Å²) in [5, 5.41) is 12.4. The first-order valence-corrected chi connectivity index (χ1v) is 17.7. The van der Waals surface area contributed by atoms with Crippen molar-refractivity contribution in [3.63, 3.8) is 0 Å². The van der Waals surface area contributed by atoms with Crippen molar-refractivity contribution in [2.75, 3.05) is 0 Å². The van der Waals surface area contributed by atoms with E-state index in [1.165, 1.54) is 59.8 Å². The molecule has 0 amide bonds. The molecule has 0 aliphatic heterocycles. The molecule has 0 unspecified atom stereocenters. The van der Waals surface area contributed by atoms with Crippen LogP contribution in [-0.2, 0) is 30.3 Å². The number of pyridine rings is 1. The summed E-state index contributed by atoms with van der Waals surface area (Å²) in [6, 6.07) is 23.4. The molecule has 6 rings (SSSR count). The summed E-state index contributed by atoms with van der Waals surface area (Å²) in [4.78, 5) is 18.3. The second-order valence-corrected chi connectivity index (χ2v) is 14.4. The number of hydrogen-bond acceptors (Lipinski definition) is 4. The Balaban J connectivity index is 0.000000269. The maximum atomic E-state index is 11.7. The monoisotopic (exact) mass is 823 g/mol. The number of rotatable bonds is 8. The topological polar surface area (TPSA) is 50.2 Å². The van der Waals surface area contributed by atoms with Gasteiger partial charge < -0.3 is 5.11 Å². The fraction of sp³-hybridized carbons (Fsp3) is 0.381. The number of nitrogens with zero attached hydrogens (tertiary/aromatic N) is 1. The van der Waals surface area contributed by atoms with Crippen LogP contribution in [0.3, 0.4) is 0 Å². The zero-order valence-electron chi connectivity index (χ0n) is 29.3. The van der Waals surface area contributed by atoms with Gasteiger partial charge in [0.05, 0.1) is 11.3 Å². The number of aliphatic hydroxyl groups excluding tert-OH is 1. The van der Waals surface area contributed by atoms with E-state index in [0.717, 1.165) is 42.5 Å². The summed E-state index contributed by atoms with van der Waals surface area (Å²) >= 11 is 1.91. The Bertz CT molecular complexity index is 1940. The van der Waals surface area contributed by atoms with E-state index in [0.29, 0.717) is 0 Å². The number of aliphatic hydroxyl groups is 1. The Morgan fingerprint density at radius 2 is 1.55 bits per heavy atom. The minimum absolute atomic E-state index is 0. The van der Waals surface area contributed by atoms with E-state index in [4.69, 9.17) is 4.98 Å². The number of ketones is 1.